The van der Waals surface area contributed by atoms with Gasteiger partial charge in [-0.1, -0.05) is 35.9 Å². The fourth-order valence-electron chi connectivity index (χ4n) is 2.55. The summed E-state index contributed by atoms with van der Waals surface area (Å²) < 4.78 is 19.0. The Hall–Kier alpha value is -3.84. The summed E-state index contributed by atoms with van der Waals surface area (Å²) >= 11 is 5.96. The molecule has 0 aliphatic carbocycles. The van der Waals surface area contributed by atoms with E-state index >= 15 is 0 Å². The van der Waals surface area contributed by atoms with Crippen LogP contribution in [0, 0.1) is 15.9 Å². The van der Waals surface area contributed by atoms with Gasteiger partial charge in [-0.05, 0) is 42.5 Å². The van der Waals surface area contributed by atoms with E-state index in [0.717, 1.165) is 12.1 Å². The number of non-ortho nitro benzene ring substituents is 1. The van der Waals surface area contributed by atoms with Crippen molar-refractivity contribution in [2.24, 2.45) is 0 Å². The Balaban J connectivity index is 1.87. The van der Waals surface area contributed by atoms with Crippen molar-refractivity contribution >= 4 is 35.1 Å². The quantitative estimate of drug-likeness (QED) is 0.130. The van der Waals surface area contributed by atoms with E-state index in [1.165, 1.54) is 60.7 Å². The highest BCUT2D eigenvalue weighted by atomic mass is 35.5. The molecule has 0 aromatic heterocycles. The van der Waals surface area contributed by atoms with Crippen LogP contribution in [0.1, 0.15) is 26.3 Å². The normalized spacial score (nSPS) is 10.7. The molecule has 0 atom stereocenters. The molecule has 0 radical (unpaired) electrons. The van der Waals surface area contributed by atoms with E-state index < -0.39 is 22.5 Å². The molecule has 8 heteroatoms. The predicted molar refractivity (Wildman–Crippen MR) is 109 cm³/mol. The summed E-state index contributed by atoms with van der Waals surface area (Å²) in [5.41, 5.74) is -0.138. The second kappa shape index (κ2) is 9.11. The lowest BCUT2D eigenvalue weighted by Gasteiger charge is -2.09. The molecule has 0 saturated carbocycles. The van der Waals surface area contributed by atoms with Gasteiger partial charge < -0.3 is 4.74 Å². The van der Waals surface area contributed by atoms with E-state index in [4.69, 9.17) is 16.3 Å². The minimum atomic E-state index is -0.881. The smallest absolute Gasteiger partial charge is 0.343 e. The van der Waals surface area contributed by atoms with Crippen molar-refractivity contribution < 1.29 is 23.6 Å². The number of esters is 1. The molecule has 0 aliphatic rings. The van der Waals surface area contributed by atoms with Gasteiger partial charge in [-0.15, -0.1) is 0 Å². The fourth-order valence-corrected chi connectivity index (χ4v) is 2.73. The molecule has 0 bridgehead atoms. The number of allylic oxidation sites excluding steroid dienone is 1. The predicted octanol–water partition coefficient (Wildman–Crippen LogP) is 5.50. The Bertz CT molecular complexity index is 1180. The van der Waals surface area contributed by atoms with Gasteiger partial charge >= 0.3 is 5.97 Å². The van der Waals surface area contributed by atoms with Gasteiger partial charge in [-0.25, -0.2) is 9.18 Å². The first-order valence-corrected chi connectivity index (χ1v) is 8.96. The monoisotopic (exact) mass is 425 g/mol. The van der Waals surface area contributed by atoms with E-state index in [1.807, 2.05) is 0 Å². The van der Waals surface area contributed by atoms with Crippen molar-refractivity contribution in [1.29, 1.82) is 0 Å². The van der Waals surface area contributed by atoms with Crippen LogP contribution in [-0.4, -0.2) is 16.7 Å². The zero-order chi connectivity index (χ0) is 21.7. The van der Waals surface area contributed by atoms with Crippen molar-refractivity contribution in [3.8, 4) is 5.75 Å². The number of hydrogen-bond donors (Lipinski definition) is 0. The third kappa shape index (κ3) is 4.95. The largest absolute Gasteiger partial charge is 0.422 e. The average molecular weight is 426 g/mol. The Morgan fingerprint density at radius 2 is 1.80 bits per heavy atom. The zero-order valence-corrected chi connectivity index (χ0v) is 16.0. The maximum Gasteiger partial charge on any atom is 0.343 e. The number of ketones is 1. The molecule has 30 heavy (non-hydrogen) atoms. The maximum atomic E-state index is 13.7. The topological polar surface area (TPSA) is 86.5 Å². The van der Waals surface area contributed by atoms with Gasteiger partial charge in [0.1, 0.15) is 11.6 Å². The molecule has 0 fully saturated rings. The molecule has 150 valence electrons. The number of benzene rings is 3. The molecule has 6 nitrogen and oxygen atoms in total. The molecular weight excluding hydrogens is 413 g/mol. The third-order valence-electron chi connectivity index (χ3n) is 4.02. The Morgan fingerprint density at radius 3 is 2.53 bits per heavy atom. The van der Waals surface area contributed by atoms with Gasteiger partial charge in [-0.2, -0.15) is 0 Å². The van der Waals surface area contributed by atoms with E-state index in [0.29, 0.717) is 0 Å². The summed E-state index contributed by atoms with van der Waals surface area (Å²) in [6.07, 6.45) is 2.43. The van der Waals surface area contributed by atoms with Crippen molar-refractivity contribution in [2.45, 2.75) is 0 Å². The van der Waals surface area contributed by atoms with E-state index in [9.17, 15) is 24.1 Å². The molecule has 3 rings (SSSR count). The van der Waals surface area contributed by atoms with Crippen LogP contribution in [0.25, 0.3) is 6.08 Å². The first-order chi connectivity index (χ1) is 14.3. The molecule has 0 aliphatic heterocycles. The molecule has 0 heterocycles. The second-order valence-corrected chi connectivity index (χ2v) is 6.49. The molecule has 3 aromatic rings. The third-order valence-corrected chi connectivity index (χ3v) is 4.26. The van der Waals surface area contributed by atoms with Crippen LogP contribution in [0.5, 0.6) is 5.75 Å². The lowest BCUT2D eigenvalue weighted by molar-refractivity contribution is -0.384. The van der Waals surface area contributed by atoms with Crippen molar-refractivity contribution in [1.82, 2.24) is 0 Å². The minimum absolute atomic E-state index is 0.0196. The highest BCUT2D eigenvalue weighted by molar-refractivity contribution is 6.31. The summed E-state index contributed by atoms with van der Waals surface area (Å²) in [6.45, 7) is 0. The van der Waals surface area contributed by atoms with Crippen LogP contribution < -0.4 is 4.74 Å². The molecule has 0 saturated heterocycles. The maximum absolute atomic E-state index is 13.7. The molecule has 0 unspecified atom stereocenters. The highest BCUT2D eigenvalue weighted by Gasteiger charge is 2.18. The van der Waals surface area contributed by atoms with Crippen LogP contribution in [0.4, 0.5) is 10.1 Å². The number of carbonyl (C=O) groups excluding carboxylic acids is 2. The number of ether oxygens (including phenoxy) is 1. The second-order valence-electron chi connectivity index (χ2n) is 6.06. The van der Waals surface area contributed by atoms with Crippen molar-refractivity contribution in [3.05, 3.63) is 110 Å². The average Bonchev–Trinajstić information content (AvgIpc) is 2.74. The van der Waals surface area contributed by atoms with Gasteiger partial charge in [0.15, 0.2) is 5.78 Å². The van der Waals surface area contributed by atoms with Crippen LogP contribution in [-0.2, 0) is 0 Å². The van der Waals surface area contributed by atoms with Gasteiger partial charge in [0.25, 0.3) is 5.69 Å². The van der Waals surface area contributed by atoms with Gasteiger partial charge in [-0.3, -0.25) is 14.9 Å². The van der Waals surface area contributed by atoms with Gasteiger partial charge in [0.05, 0.1) is 16.1 Å². The standard InChI is InChI=1S/C22H13ClFNO5/c23-16-9-11-21(30-22(27)15-5-3-6-17(12-15)25(28)29)18(13-16)20(26)10-8-14-4-1-2-7-19(14)24/h1-13H/b10-8+. The number of nitro benzene ring substituents is 1. The Kier molecular flexibility index (Phi) is 6.34. The van der Waals surface area contributed by atoms with E-state index in [-0.39, 0.29) is 33.1 Å². The Labute approximate surface area is 175 Å². The number of rotatable bonds is 6. The zero-order valence-electron chi connectivity index (χ0n) is 15.2. The molecule has 0 N–H and O–H groups in total. The first-order valence-electron chi connectivity index (χ1n) is 8.58. The summed E-state index contributed by atoms with van der Waals surface area (Å²) in [5, 5.41) is 11.1. The van der Waals surface area contributed by atoms with E-state index in [1.54, 1.807) is 6.07 Å². The van der Waals surface area contributed by atoms with Gasteiger partial charge in [0, 0.05) is 22.7 Å². The van der Waals surface area contributed by atoms with Crippen molar-refractivity contribution in [2.75, 3.05) is 0 Å². The highest BCUT2D eigenvalue weighted by Crippen LogP contribution is 2.26. The molecule has 0 amide bonds. The van der Waals surface area contributed by atoms with Crippen LogP contribution in [0.15, 0.2) is 72.8 Å². The van der Waals surface area contributed by atoms with Crippen molar-refractivity contribution in [3.63, 3.8) is 0 Å². The van der Waals surface area contributed by atoms with Crippen LogP contribution in [0.2, 0.25) is 5.02 Å². The molecular formula is C22H13ClFNO5. The number of hydrogen-bond acceptors (Lipinski definition) is 5. The lowest BCUT2D eigenvalue weighted by Crippen LogP contribution is -2.11. The van der Waals surface area contributed by atoms with Crippen LogP contribution >= 0.6 is 11.6 Å². The summed E-state index contributed by atoms with van der Waals surface area (Å²) in [7, 11) is 0. The number of nitrogens with zero attached hydrogens (tertiary/aromatic N) is 1. The molecule has 0 spiro atoms. The summed E-state index contributed by atoms with van der Waals surface area (Å²) in [5.74, 6) is -2.03. The molecule has 3 aromatic carbocycles. The number of nitro groups is 1. The minimum Gasteiger partial charge on any atom is -0.422 e. The number of halogens is 2. The first kappa shape index (κ1) is 20.9. The summed E-state index contributed by atoms with van der Waals surface area (Å²) in [4.78, 5) is 35.3. The lowest BCUT2D eigenvalue weighted by atomic mass is 10.1. The van der Waals surface area contributed by atoms with E-state index in [2.05, 4.69) is 0 Å². The SMILES string of the molecule is O=C(Oc1ccc(Cl)cc1C(=O)/C=C/c1ccccc1F)c1cccc([N+](=O)[O-])c1. The number of carbonyl (C=O) groups is 2. The fraction of sp³-hybridized carbons (Fsp3) is 0. The van der Waals surface area contributed by atoms with Gasteiger partial charge in [0.2, 0.25) is 0 Å². The van der Waals surface area contributed by atoms with Crippen LogP contribution in [0.3, 0.4) is 0 Å². The summed E-state index contributed by atoms with van der Waals surface area (Å²) in [6, 6.07) is 15.0. The Morgan fingerprint density at radius 1 is 1.03 bits per heavy atom.